The molecule has 0 unspecified atom stereocenters. The van der Waals surface area contributed by atoms with E-state index >= 15 is 0 Å². The minimum absolute atomic E-state index is 0.537. The molecular weight excluding hydrogens is 757 g/mol. The SMILES string of the molecule is c1ccc(-c2ccc(-c3nc(-c4ccc5ccccc5c4)nc(-n4c5c(-c6c7ccccc7cc7c6oc6ccccc67)cccc5c5ccc6ccccc6c54)n3)cc2)cc1. The van der Waals surface area contributed by atoms with Crippen molar-refractivity contribution in [2.24, 2.45) is 0 Å². The van der Waals surface area contributed by atoms with Crippen LogP contribution in [0.2, 0.25) is 0 Å². The lowest BCUT2D eigenvalue weighted by atomic mass is 9.93. The van der Waals surface area contributed by atoms with Crippen LogP contribution in [0.5, 0.6) is 0 Å². The van der Waals surface area contributed by atoms with E-state index in [1.54, 1.807) is 0 Å². The van der Waals surface area contributed by atoms with E-state index < -0.39 is 0 Å². The second-order valence-electron chi connectivity index (χ2n) is 16.0. The molecule has 13 aromatic rings. The summed E-state index contributed by atoms with van der Waals surface area (Å²) in [6, 6.07) is 72.7. The summed E-state index contributed by atoms with van der Waals surface area (Å²) in [5.41, 5.74) is 9.92. The first-order chi connectivity index (χ1) is 30.7. The van der Waals surface area contributed by atoms with Crippen molar-refractivity contribution in [3.63, 3.8) is 0 Å². The Bertz CT molecular complexity index is 3920. The molecule has 3 heterocycles. The number of hydrogen-bond acceptors (Lipinski definition) is 4. The molecule has 0 spiro atoms. The van der Waals surface area contributed by atoms with Gasteiger partial charge in [0.25, 0.3) is 0 Å². The van der Waals surface area contributed by atoms with Gasteiger partial charge in [-0.15, -0.1) is 0 Å². The van der Waals surface area contributed by atoms with Crippen molar-refractivity contribution in [2.75, 3.05) is 0 Å². The first kappa shape index (κ1) is 34.5. The van der Waals surface area contributed by atoms with Crippen molar-refractivity contribution in [3.05, 3.63) is 206 Å². The van der Waals surface area contributed by atoms with E-state index in [1.807, 2.05) is 12.1 Å². The predicted octanol–water partition coefficient (Wildman–Crippen LogP) is 15.0. The highest BCUT2D eigenvalue weighted by Crippen LogP contribution is 2.46. The van der Waals surface area contributed by atoms with Gasteiger partial charge in [0.2, 0.25) is 5.95 Å². The number of aromatic nitrogens is 4. The van der Waals surface area contributed by atoms with Crippen molar-refractivity contribution >= 4 is 76.1 Å². The molecule has 0 aliphatic rings. The van der Waals surface area contributed by atoms with Gasteiger partial charge in [-0.1, -0.05) is 188 Å². The van der Waals surface area contributed by atoms with Crippen LogP contribution >= 0.6 is 0 Å². The molecule has 0 saturated carbocycles. The van der Waals surface area contributed by atoms with Crippen LogP contribution in [0.25, 0.3) is 127 Å². The summed E-state index contributed by atoms with van der Waals surface area (Å²) in [4.78, 5) is 16.2. The molecule has 288 valence electrons. The molecule has 0 atom stereocenters. The summed E-state index contributed by atoms with van der Waals surface area (Å²) in [6.07, 6.45) is 0. The molecule has 10 aromatic carbocycles. The Labute approximate surface area is 355 Å². The molecule has 3 aromatic heterocycles. The number of hydrogen-bond donors (Lipinski definition) is 0. The van der Waals surface area contributed by atoms with Crippen LogP contribution in [0.1, 0.15) is 0 Å². The first-order valence-corrected chi connectivity index (χ1v) is 20.9. The van der Waals surface area contributed by atoms with Gasteiger partial charge in [0, 0.05) is 49.2 Å². The highest BCUT2D eigenvalue weighted by molar-refractivity contribution is 6.25. The number of nitrogens with zero attached hydrogens (tertiary/aromatic N) is 4. The predicted molar refractivity (Wildman–Crippen MR) is 256 cm³/mol. The van der Waals surface area contributed by atoms with Crippen LogP contribution in [0, 0.1) is 0 Å². The zero-order valence-electron chi connectivity index (χ0n) is 33.3. The Hall–Kier alpha value is -8.41. The maximum atomic E-state index is 6.87. The maximum absolute atomic E-state index is 6.87. The van der Waals surface area contributed by atoms with Gasteiger partial charge in [0.1, 0.15) is 11.2 Å². The van der Waals surface area contributed by atoms with Crippen LogP contribution in [0.3, 0.4) is 0 Å². The Morgan fingerprint density at radius 2 is 0.935 bits per heavy atom. The second kappa shape index (κ2) is 13.6. The standard InChI is InChI=1S/C57H34N4O/c1-2-13-35(14-3-1)37-25-28-39(29-26-37)55-58-56(42-30-27-36-15-4-5-17-40(36)33-42)60-57(59-55)61-52-44-20-9-6-16-38(44)31-32-47(52)46-22-12-23-48(53(46)61)51-43-19-8-7-18-41(43)34-49-45-21-10-11-24-50(45)62-54(49)51/h1-34H. The van der Waals surface area contributed by atoms with Crippen LogP contribution < -0.4 is 0 Å². The third-order valence-electron chi connectivity index (χ3n) is 12.4. The van der Waals surface area contributed by atoms with Gasteiger partial charge in [-0.2, -0.15) is 9.97 Å². The maximum Gasteiger partial charge on any atom is 0.238 e. The van der Waals surface area contributed by atoms with Crippen molar-refractivity contribution in [2.45, 2.75) is 0 Å². The molecule has 62 heavy (non-hydrogen) atoms. The van der Waals surface area contributed by atoms with Crippen LogP contribution in [0.15, 0.2) is 211 Å². The molecule has 0 N–H and O–H groups in total. The quantitative estimate of drug-likeness (QED) is 0.174. The van der Waals surface area contributed by atoms with E-state index in [0.29, 0.717) is 17.6 Å². The fraction of sp³-hybridized carbons (Fsp3) is 0. The Morgan fingerprint density at radius 3 is 1.77 bits per heavy atom. The van der Waals surface area contributed by atoms with E-state index in [2.05, 4.69) is 199 Å². The average Bonchev–Trinajstić information content (AvgIpc) is 3.89. The number of fused-ring (bicyclic) bond motifs is 10. The minimum atomic E-state index is 0.537. The molecule has 0 saturated heterocycles. The summed E-state index contributed by atoms with van der Waals surface area (Å²) in [5.74, 6) is 1.73. The number of benzene rings is 10. The summed E-state index contributed by atoms with van der Waals surface area (Å²) >= 11 is 0. The van der Waals surface area contributed by atoms with E-state index in [9.17, 15) is 0 Å². The van der Waals surface area contributed by atoms with Gasteiger partial charge in [0.05, 0.1) is 11.0 Å². The summed E-state index contributed by atoms with van der Waals surface area (Å²) < 4.78 is 9.15. The first-order valence-electron chi connectivity index (χ1n) is 20.9. The zero-order valence-corrected chi connectivity index (χ0v) is 33.3. The Balaban J connectivity index is 1.16. The Kier molecular flexibility index (Phi) is 7.54. The van der Waals surface area contributed by atoms with E-state index in [0.717, 1.165) is 109 Å². The van der Waals surface area contributed by atoms with E-state index in [-0.39, 0.29) is 0 Å². The molecule has 5 heteroatoms. The van der Waals surface area contributed by atoms with E-state index in [1.165, 1.54) is 0 Å². The summed E-state index contributed by atoms with van der Waals surface area (Å²) in [6.45, 7) is 0. The minimum Gasteiger partial charge on any atom is -0.455 e. The van der Waals surface area contributed by atoms with Crippen molar-refractivity contribution in [1.82, 2.24) is 19.5 Å². The van der Waals surface area contributed by atoms with Crippen LogP contribution in [0.4, 0.5) is 0 Å². The van der Waals surface area contributed by atoms with Gasteiger partial charge >= 0.3 is 0 Å². The lowest BCUT2D eigenvalue weighted by molar-refractivity contribution is 0.670. The largest absolute Gasteiger partial charge is 0.455 e. The lowest BCUT2D eigenvalue weighted by Crippen LogP contribution is -2.07. The van der Waals surface area contributed by atoms with Crippen LogP contribution in [-0.4, -0.2) is 19.5 Å². The molecule has 0 aliphatic carbocycles. The molecule has 0 amide bonds. The smallest absolute Gasteiger partial charge is 0.238 e. The second-order valence-corrected chi connectivity index (χ2v) is 16.0. The molecule has 0 fully saturated rings. The van der Waals surface area contributed by atoms with E-state index in [4.69, 9.17) is 19.4 Å². The zero-order chi connectivity index (χ0) is 40.7. The van der Waals surface area contributed by atoms with Gasteiger partial charge in [-0.25, -0.2) is 4.98 Å². The summed E-state index contributed by atoms with van der Waals surface area (Å²) in [7, 11) is 0. The normalized spacial score (nSPS) is 11.9. The van der Waals surface area contributed by atoms with Gasteiger partial charge < -0.3 is 4.42 Å². The highest BCUT2D eigenvalue weighted by atomic mass is 16.3. The van der Waals surface area contributed by atoms with Crippen molar-refractivity contribution in [3.8, 4) is 51.0 Å². The number of para-hydroxylation sites is 2. The molecule has 0 aliphatic heterocycles. The molecule has 5 nitrogen and oxygen atoms in total. The van der Waals surface area contributed by atoms with Crippen molar-refractivity contribution in [1.29, 1.82) is 0 Å². The molecule has 13 rings (SSSR count). The average molecular weight is 791 g/mol. The lowest BCUT2D eigenvalue weighted by Gasteiger charge is -2.15. The van der Waals surface area contributed by atoms with Gasteiger partial charge in [-0.3, -0.25) is 4.57 Å². The third-order valence-corrected chi connectivity index (χ3v) is 12.4. The number of furan rings is 1. The molecular formula is C57H34N4O. The van der Waals surface area contributed by atoms with Crippen molar-refractivity contribution < 1.29 is 4.42 Å². The highest BCUT2D eigenvalue weighted by Gasteiger charge is 2.25. The van der Waals surface area contributed by atoms with Crippen LogP contribution in [-0.2, 0) is 0 Å². The summed E-state index contributed by atoms with van der Waals surface area (Å²) in [5, 5.41) is 11.2. The monoisotopic (exact) mass is 790 g/mol. The fourth-order valence-corrected chi connectivity index (χ4v) is 9.51. The molecule has 0 bridgehead atoms. The fourth-order valence-electron chi connectivity index (χ4n) is 9.51. The van der Waals surface area contributed by atoms with Gasteiger partial charge in [-0.05, 0) is 56.3 Å². The number of rotatable bonds is 5. The topological polar surface area (TPSA) is 56.7 Å². The Morgan fingerprint density at radius 1 is 0.339 bits per heavy atom. The molecule has 0 radical (unpaired) electrons. The van der Waals surface area contributed by atoms with Gasteiger partial charge in [0.15, 0.2) is 11.6 Å². The third kappa shape index (κ3) is 5.32.